The average Bonchev–Trinajstić information content (AvgIpc) is 4.14. The molecule has 5 aromatic heterocycles. The number of hydrogen-bond donors (Lipinski definition) is 0. The molecule has 306 valence electrons. The second kappa shape index (κ2) is 13.6. The SMILES string of the molecule is c1ccc2cc3c(cc2c1)c1c2ccccc2ccc1n3-c1ccc(-c2nc(-c3cccc4c3sc3ccccc34)nc(-c3cccc4c3sc3ccccc34)n2)c2oc3ccccc3c12. The largest absolute Gasteiger partial charge is 0.455 e. The highest BCUT2D eigenvalue weighted by molar-refractivity contribution is 7.26. The van der Waals surface area contributed by atoms with Gasteiger partial charge in [0.15, 0.2) is 17.5 Å². The molecule has 0 saturated carbocycles. The van der Waals surface area contributed by atoms with Crippen LogP contribution in [0.4, 0.5) is 0 Å². The molecule has 10 aromatic carbocycles. The molecule has 7 heteroatoms. The standard InChI is InChI=1S/C59H32N4OS2/c1-2-15-35-32-48-45(31-34(35)14-1)52-36-16-4-3-13-33(36)27-29-46(52)63(48)47-30-28-42(54-53(47)41-19-5-8-24-49(41)64-54)57-60-58(43-22-11-20-39-37-17-6-9-25-50(37)65-55(39)43)62-59(61-57)44-23-12-21-40-38-18-7-10-26-51(38)66-56(40)44/h1-32H. The first-order chi connectivity index (χ1) is 32.7. The molecule has 15 aromatic rings. The molecule has 0 fully saturated rings. The van der Waals surface area contributed by atoms with Crippen molar-refractivity contribution in [3.8, 4) is 39.9 Å². The van der Waals surface area contributed by atoms with Crippen molar-refractivity contribution in [2.24, 2.45) is 0 Å². The summed E-state index contributed by atoms with van der Waals surface area (Å²) in [6.45, 7) is 0. The number of rotatable bonds is 4. The third-order valence-corrected chi connectivity index (χ3v) is 15.9. The molecule has 0 aliphatic rings. The Morgan fingerprint density at radius 1 is 0.364 bits per heavy atom. The zero-order valence-corrected chi connectivity index (χ0v) is 36.6. The molecule has 0 N–H and O–H groups in total. The lowest BCUT2D eigenvalue weighted by Crippen LogP contribution is -2.01. The van der Waals surface area contributed by atoms with Crippen molar-refractivity contribution in [2.75, 3.05) is 0 Å². The third-order valence-electron chi connectivity index (χ3n) is 13.4. The highest BCUT2D eigenvalue weighted by atomic mass is 32.1. The highest BCUT2D eigenvalue weighted by Gasteiger charge is 2.25. The molecular weight excluding hydrogens is 845 g/mol. The molecule has 0 aliphatic carbocycles. The maximum absolute atomic E-state index is 7.04. The average molecular weight is 877 g/mol. The van der Waals surface area contributed by atoms with Gasteiger partial charge >= 0.3 is 0 Å². The van der Waals surface area contributed by atoms with E-state index in [1.165, 1.54) is 63.3 Å². The van der Waals surface area contributed by atoms with E-state index in [9.17, 15) is 0 Å². The van der Waals surface area contributed by atoms with Crippen molar-refractivity contribution >= 4 is 128 Å². The second-order valence-electron chi connectivity index (χ2n) is 17.0. The van der Waals surface area contributed by atoms with E-state index in [2.05, 4.69) is 193 Å². The van der Waals surface area contributed by atoms with Crippen molar-refractivity contribution in [1.82, 2.24) is 19.5 Å². The van der Waals surface area contributed by atoms with Crippen molar-refractivity contribution in [3.05, 3.63) is 194 Å². The molecule has 0 amide bonds. The number of furan rings is 1. The Balaban J connectivity index is 1.04. The molecule has 0 aliphatic heterocycles. The predicted octanol–water partition coefficient (Wildman–Crippen LogP) is 16.9. The summed E-state index contributed by atoms with van der Waals surface area (Å²) >= 11 is 3.56. The number of para-hydroxylation sites is 1. The van der Waals surface area contributed by atoms with Gasteiger partial charge in [0, 0.05) is 67.6 Å². The van der Waals surface area contributed by atoms with Crippen LogP contribution in [-0.4, -0.2) is 19.5 Å². The minimum Gasteiger partial charge on any atom is -0.455 e. The summed E-state index contributed by atoms with van der Waals surface area (Å²) in [6, 6.07) is 69.5. The molecule has 0 unspecified atom stereocenters. The zero-order valence-electron chi connectivity index (χ0n) is 35.0. The first-order valence-electron chi connectivity index (χ1n) is 22.1. The van der Waals surface area contributed by atoms with Gasteiger partial charge in [-0.15, -0.1) is 22.7 Å². The first kappa shape index (κ1) is 36.1. The minimum absolute atomic E-state index is 0.557. The van der Waals surface area contributed by atoms with Gasteiger partial charge in [-0.05, 0) is 82.2 Å². The van der Waals surface area contributed by atoms with Gasteiger partial charge in [0.05, 0.1) is 27.7 Å². The Labute approximate surface area is 384 Å². The van der Waals surface area contributed by atoms with Gasteiger partial charge in [0.1, 0.15) is 11.2 Å². The summed E-state index contributed by atoms with van der Waals surface area (Å²) in [6.07, 6.45) is 0. The maximum atomic E-state index is 7.04. The van der Waals surface area contributed by atoms with Crippen LogP contribution in [0.25, 0.3) is 145 Å². The molecule has 0 spiro atoms. The van der Waals surface area contributed by atoms with Gasteiger partial charge in [-0.3, -0.25) is 0 Å². The van der Waals surface area contributed by atoms with E-state index >= 15 is 0 Å². The molecule has 0 bridgehead atoms. The van der Waals surface area contributed by atoms with Crippen molar-refractivity contribution in [3.63, 3.8) is 0 Å². The van der Waals surface area contributed by atoms with Gasteiger partial charge in [0.2, 0.25) is 0 Å². The zero-order chi connectivity index (χ0) is 43.0. The fourth-order valence-corrected chi connectivity index (χ4v) is 12.9. The van der Waals surface area contributed by atoms with Crippen LogP contribution in [-0.2, 0) is 0 Å². The molecular formula is C59H32N4OS2. The summed E-state index contributed by atoms with van der Waals surface area (Å²) in [4.78, 5) is 16.3. The molecule has 15 rings (SSSR count). The van der Waals surface area contributed by atoms with E-state index in [1.54, 1.807) is 22.7 Å². The summed E-state index contributed by atoms with van der Waals surface area (Å²) in [7, 11) is 0. The fourth-order valence-electron chi connectivity index (χ4n) is 10.5. The van der Waals surface area contributed by atoms with Gasteiger partial charge in [-0.25, -0.2) is 15.0 Å². The monoisotopic (exact) mass is 876 g/mol. The number of fused-ring (bicyclic) bond motifs is 15. The predicted molar refractivity (Wildman–Crippen MR) is 279 cm³/mol. The van der Waals surface area contributed by atoms with Crippen LogP contribution in [0.3, 0.4) is 0 Å². The fraction of sp³-hybridized carbons (Fsp3) is 0. The topological polar surface area (TPSA) is 56.7 Å². The lowest BCUT2D eigenvalue weighted by atomic mass is 10.0. The lowest BCUT2D eigenvalue weighted by Gasteiger charge is -2.13. The quantitative estimate of drug-likeness (QED) is 0.177. The Kier molecular flexibility index (Phi) is 7.47. The molecule has 5 heterocycles. The van der Waals surface area contributed by atoms with Gasteiger partial charge < -0.3 is 8.98 Å². The van der Waals surface area contributed by atoms with Crippen LogP contribution in [0.5, 0.6) is 0 Å². The number of aromatic nitrogens is 4. The van der Waals surface area contributed by atoms with Crippen LogP contribution in [0, 0.1) is 0 Å². The Hall–Kier alpha value is -8.23. The van der Waals surface area contributed by atoms with Crippen molar-refractivity contribution in [1.29, 1.82) is 0 Å². The van der Waals surface area contributed by atoms with E-state index < -0.39 is 0 Å². The molecule has 0 radical (unpaired) electrons. The molecule has 0 saturated heterocycles. The molecule has 5 nitrogen and oxygen atoms in total. The Morgan fingerprint density at radius 2 is 0.909 bits per heavy atom. The van der Waals surface area contributed by atoms with Gasteiger partial charge in [0.25, 0.3) is 0 Å². The summed E-state index contributed by atoms with van der Waals surface area (Å²) in [5, 5.41) is 14.2. The number of benzene rings is 10. The van der Waals surface area contributed by atoms with Crippen LogP contribution in [0.1, 0.15) is 0 Å². The van der Waals surface area contributed by atoms with E-state index in [0.717, 1.165) is 64.7 Å². The van der Waals surface area contributed by atoms with E-state index in [1.807, 2.05) is 6.07 Å². The minimum atomic E-state index is 0.557. The second-order valence-corrected chi connectivity index (χ2v) is 19.1. The van der Waals surface area contributed by atoms with Crippen LogP contribution in [0.15, 0.2) is 199 Å². The first-order valence-corrected chi connectivity index (χ1v) is 23.7. The molecule has 66 heavy (non-hydrogen) atoms. The van der Waals surface area contributed by atoms with Crippen molar-refractivity contribution in [2.45, 2.75) is 0 Å². The van der Waals surface area contributed by atoms with Crippen molar-refractivity contribution < 1.29 is 4.42 Å². The molecule has 0 atom stereocenters. The van der Waals surface area contributed by atoms with E-state index in [4.69, 9.17) is 19.4 Å². The summed E-state index contributed by atoms with van der Waals surface area (Å²) < 4.78 is 14.2. The normalized spacial score (nSPS) is 12.2. The van der Waals surface area contributed by atoms with Crippen LogP contribution >= 0.6 is 22.7 Å². The van der Waals surface area contributed by atoms with E-state index in [-0.39, 0.29) is 0 Å². The van der Waals surface area contributed by atoms with E-state index in [0.29, 0.717) is 17.5 Å². The summed E-state index contributed by atoms with van der Waals surface area (Å²) in [5.41, 5.74) is 7.59. The maximum Gasteiger partial charge on any atom is 0.167 e. The summed E-state index contributed by atoms with van der Waals surface area (Å²) in [5.74, 6) is 1.81. The Morgan fingerprint density at radius 3 is 1.59 bits per heavy atom. The van der Waals surface area contributed by atoms with Crippen LogP contribution in [0.2, 0.25) is 0 Å². The lowest BCUT2D eigenvalue weighted by molar-refractivity contribution is 0.669. The van der Waals surface area contributed by atoms with Gasteiger partial charge in [-0.2, -0.15) is 0 Å². The number of nitrogens with zero attached hydrogens (tertiary/aromatic N) is 4. The Bertz CT molecular complexity index is 4420. The van der Waals surface area contributed by atoms with Crippen LogP contribution < -0.4 is 0 Å². The highest BCUT2D eigenvalue weighted by Crippen LogP contribution is 2.46. The van der Waals surface area contributed by atoms with Gasteiger partial charge in [-0.1, -0.05) is 133 Å². The number of hydrogen-bond acceptors (Lipinski definition) is 6. The third kappa shape index (κ3) is 5.12. The smallest absolute Gasteiger partial charge is 0.167 e. The number of thiophene rings is 2.